The summed E-state index contributed by atoms with van der Waals surface area (Å²) in [7, 11) is 1.37. The fraction of sp³-hybridized carbons (Fsp3) is 0.375. The van der Waals surface area contributed by atoms with E-state index in [9.17, 15) is 4.79 Å². The first-order valence-electron chi connectivity index (χ1n) is 3.44. The van der Waals surface area contributed by atoms with Gasteiger partial charge in [0.1, 0.15) is 0 Å². The molecule has 0 atom stereocenters. The Morgan fingerprint density at radius 3 is 2.83 bits per heavy atom. The van der Waals surface area contributed by atoms with Crippen molar-refractivity contribution >= 4 is 28.9 Å². The predicted octanol–water partition coefficient (Wildman–Crippen LogP) is 2.43. The van der Waals surface area contributed by atoms with E-state index < -0.39 is 0 Å². The van der Waals surface area contributed by atoms with Crippen LogP contribution in [0.4, 0.5) is 0 Å². The molecule has 2 nitrogen and oxygen atoms in total. The van der Waals surface area contributed by atoms with E-state index in [1.807, 2.05) is 12.3 Å². The number of thiophene rings is 1. The molecule has 1 heterocycles. The molecule has 1 aromatic heterocycles. The fourth-order valence-corrected chi connectivity index (χ4v) is 2.03. The van der Waals surface area contributed by atoms with Gasteiger partial charge in [0.2, 0.25) is 0 Å². The maximum absolute atomic E-state index is 10.9. The van der Waals surface area contributed by atoms with E-state index in [1.165, 1.54) is 18.4 Å². The second-order valence-corrected chi connectivity index (χ2v) is 3.75. The van der Waals surface area contributed by atoms with Gasteiger partial charge in [0, 0.05) is 4.88 Å². The van der Waals surface area contributed by atoms with Gasteiger partial charge in [-0.3, -0.25) is 4.79 Å². The Hall–Kier alpha value is -0.540. The van der Waals surface area contributed by atoms with E-state index in [0.29, 0.717) is 5.02 Å². The molecule has 0 aliphatic rings. The number of carbonyl (C=O) groups is 1. The maximum atomic E-state index is 10.9. The first-order valence-corrected chi connectivity index (χ1v) is 4.70. The van der Waals surface area contributed by atoms with Crippen LogP contribution in [0.3, 0.4) is 0 Å². The molecule has 0 aliphatic heterocycles. The van der Waals surface area contributed by atoms with Gasteiger partial charge in [-0.25, -0.2) is 0 Å². The zero-order valence-corrected chi connectivity index (χ0v) is 8.46. The quantitative estimate of drug-likeness (QED) is 0.692. The Labute approximate surface area is 80.1 Å². The van der Waals surface area contributed by atoms with Gasteiger partial charge in [-0.1, -0.05) is 11.6 Å². The van der Waals surface area contributed by atoms with Crippen LogP contribution in [-0.4, -0.2) is 13.1 Å². The molecule has 0 N–H and O–H groups in total. The third kappa shape index (κ3) is 1.99. The van der Waals surface area contributed by atoms with Gasteiger partial charge < -0.3 is 4.74 Å². The van der Waals surface area contributed by atoms with Crippen molar-refractivity contribution in [1.29, 1.82) is 0 Å². The Morgan fingerprint density at radius 1 is 1.75 bits per heavy atom. The van der Waals surface area contributed by atoms with E-state index >= 15 is 0 Å². The highest BCUT2D eigenvalue weighted by Gasteiger charge is 2.10. The number of aryl methyl sites for hydroxylation is 1. The molecule has 12 heavy (non-hydrogen) atoms. The first-order chi connectivity index (χ1) is 5.65. The summed E-state index contributed by atoms with van der Waals surface area (Å²) in [5, 5.41) is 2.62. The molecule has 0 saturated heterocycles. The van der Waals surface area contributed by atoms with Gasteiger partial charge in [-0.2, -0.15) is 0 Å². The largest absolute Gasteiger partial charge is 0.469 e. The van der Waals surface area contributed by atoms with Crippen LogP contribution in [-0.2, 0) is 16.0 Å². The number of esters is 1. The van der Waals surface area contributed by atoms with Crippen LogP contribution in [0, 0.1) is 6.92 Å². The van der Waals surface area contributed by atoms with Crippen LogP contribution >= 0.6 is 22.9 Å². The van der Waals surface area contributed by atoms with E-state index in [4.69, 9.17) is 11.6 Å². The van der Waals surface area contributed by atoms with Gasteiger partial charge in [0.15, 0.2) is 0 Å². The van der Waals surface area contributed by atoms with Crippen LogP contribution in [0.2, 0.25) is 5.02 Å². The Morgan fingerprint density at radius 2 is 2.42 bits per heavy atom. The highest BCUT2D eigenvalue weighted by atomic mass is 35.5. The van der Waals surface area contributed by atoms with Gasteiger partial charge in [0.25, 0.3) is 0 Å². The Kier molecular flexibility index (Phi) is 3.12. The summed E-state index contributed by atoms with van der Waals surface area (Å²) in [6.45, 7) is 1.92. The van der Waals surface area contributed by atoms with Crippen molar-refractivity contribution in [2.24, 2.45) is 0 Å². The molecule has 1 aromatic rings. The SMILES string of the molecule is COC(=O)Cc1scc(C)c1Cl. The van der Waals surface area contributed by atoms with Crippen molar-refractivity contribution < 1.29 is 9.53 Å². The number of hydrogen-bond donors (Lipinski definition) is 0. The lowest BCUT2D eigenvalue weighted by atomic mass is 10.3. The number of carbonyl (C=O) groups excluding carboxylic acids is 1. The topological polar surface area (TPSA) is 26.3 Å². The average molecular weight is 205 g/mol. The predicted molar refractivity (Wildman–Crippen MR) is 49.8 cm³/mol. The number of methoxy groups -OCH3 is 1. The third-order valence-corrected chi connectivity index (χ3v) is 3.24. The second kappa shape index (κ2) is 3.92. The molecule has 4 heteroatoms. The molecule has 66 valence electrons. The molecule has 0 unspecified atom stereocenters. The number of ether oxygens (including phenoxy) is 1. The summed E-state index contributed by atoms with van der Waals surface area (Å²) in [5.41, 5.74) is 1.01. The molecular weight excluding hydrogens is 196 g/mol. The van der Waals surface area contributed by atoms with Crippen molar-refractivity contribution in [3.05, 3.63) is 20.8 Å². The summed E-state index contributed by atoms with van der Waals surface area (Å²) >= 11 is 7.40. The van der Waals surface area contributed by atoms with Crippen LogP contribution in [0.1, 0.15) is 10.4 Å². The molecule has 0 amide bonds. The lowest BCUT2D eigenvalue weighted by Gasteiger charge is -1.96. The summed E-state index contributed by atoms with van der Waals surface area (Å²) in [5.74, 6) is -0.251. The minimum atomic E-state index is -0.251. The highest BCUT2D eigenvalue weighted by Crippen LogP contribution is 2.27. The lowest BCUT2D eigenvalue weighted by molar-refractivity contribution is -0.139. The fourth-order valence-electron chi connectivity index (χ4n) is 0.805. The van der Waals surface area contributed by atoms with Gasteiger partial charge in [-0.15, -0.1) is 11.3 Å². The zero-order chi connectivity index (χ0) is 9.14. The van der Waals surface area contributed by atoms with Crippen molar-refractivity contribution in [2.45, 2.75) is 13.3 Å². The van der Waals surface area contributed by atoms with Crippen molar-refractivity contribution in [3.63, 3.8) is 0 Å². The normalized spacial score (nSPS) is 9.92. The number of hydrogen-bond acceptors (Lipinski definition) is 3. The van der Waals surface area contributed by atoms with Gasteiger partial charge in [-0.05, 0) is 17.9 Å². The van der Waals surface area contributed by atoms with E-state index in [-0.39, 0.29) is 12.4 Å². The third-order valence-electron chi connectivity index (χ3n) is 1.50. The number of rotatable bonds is 2. The standard InChI is InChI=1S/C8H9ClO2S/c1-5-4-12-6(8(5)9)3-7(10)11-2/h4H,3H2,1-2H3. The molecule has 0 spiro atoms. The van der Waals surface area contributed by atoms with Gasteiger partial charge >= 0.3 is 5.97 Å². The Bertz CT molecular complexity index is 293. The van der Waals surface area contributed by atoms with E-state index in [1.54, 1.807) is 0 Å². The van der Waals surface area contributed by atoms with Crippen LogP contribution in [0.5, 0.6) is 0 Å². The molecule has 1 rings (SSSR count). The maximum Gasteiger partial charge on any atom is 0.310 e. The Balaban J connectivity index is 2.76. The summed E-state index contributed by atoms with van der Waals surface area (Å²) < 4.78 is 4.53. The van der Waals surface area contributed by atoms with Crippen molar-refractivity contribution in [1.82, 2.24) is 0 Å². The molecule has 0 aromatic carbocycles. The first kappa shape index (κ1) is 9.55. The van der Waals surface area contributed by atoms with Crippen molar-refractivity contribution in [2.75, 3.05) is 7.11 Å². The summed E-state index contributed by atoms with van der Waals surface area (Å²) in [6.07, 6.45) is 0.272. The van der Waals surface area contributed by atoms with Crippen molar-refractivity contribution in [3.8, 4) is 0 Å². The summed E-state index contributed by atoms with van der Waals surface area (Å²) in [6, 6.07) is 0. The van der Waals surface area contributed by atoms with Crippen LogP contribution in [0.25, 0.3) is 0 Å². The summed E-state index contributed by atoms with van der Waals surface area (Å²) in [4.78, 5) is 11.7. The molecule has 0 aliphatic carbocycles. The monoisotopic (exact) mass is 204 g/mol. The minimum absolute atomic E-state index is 0.251. The molecule has 0 radical (unpaired) electrons. The molecule has 0 fully saturated rings. The van der Waals surface area contributed by atoms with Crippen LogP contribution in [0.15, 0.2) is 5.38 Å². The zero-order valence-electron chi connectivity index (χ0n) is 6.89. The minimum Gasteiger partial charge on any atom is -0.469 e. The second-order valence-electron chi connectivity index (χ2n) is 2.41. The van der Waals surface area contributed by atoms with E-state index in [0.717, 1.165) is 10.4 Å². The van der Waals surface area contributed by atoms with E-state index in [2.05, 4.69) is 4.74 Å². The number of halogens is 1. The lowest BCUT2D eigenvalue weighted by Crippen LogP contribution is -2.03. The van der Waals surface area contributed by atoms with Crippen LogP contribution < -0.4 is 0 Å². The van der Waals surface area contributed by atoms with Gasteiger partial charge in [0.05, 0.1) is 18.6 Å². The molecule has 0 saturated carbocycles. The average Bonchev–Trinajstić information content (AvgIpc) is 2.36. The highest BCUT2D eigenvalue weighted by molar-refractivity contribution is 7.10. The molecular formula is C8H9ClO2S. The molecule has 0 bridgehead atoms. The smallest absolute Gasteiger partial charge is 0.310 e.